The van der Waals surface area contributed by atoms with Crippen LogP contribution in [0.3, 0.4) is 0 Å². The van der Waals surface area contributed by atoms with E-state index in [1.807, 2.05) is 0 Å². The van der Waals surface area contributed by atoms with Crippen molar-refractivity contribution in [1.29, 1.82) is 0 Å². The van der Waals surface area contributed by atoms with Gasteiger partial charge in [0.05, 0.1) is 0 Å². The van der Waals surface area contributed by atoms with Crippen LogP contribution < -0.4 is 10.6 Å². The van der Waals surface area contributed by atoms with Crippen molar-refractivity contribution in [2.45, 2.75) is 18.9 Å². The van der Waals surface area contributed by atoms with E-state index in [2.05, 4.69) is 29.2 Å². The third kappa shape index (κ3) is 1.01. The smallest absolute Gasteiger partial charge is 0.0402 e. The van der Waals surface area contributed by atoms with Crippen LogP contribution in [-0.4, -0.2) is 19.1 Å². The first-order chi connectivity index (χ1) is 6.90. The van der Waals surface area contributed by atoms with E-state index >= 15 is 0 Å². The molecule has 74 valence electrons. The van der Waals surface area contributed by atoms with E-state index in [1.165, 1.54) is 30.6 Å². The molecule has 0 aromatic heterocycles. The Balaban J connectivity index is 1.97. The lowest BCUT2D eigenvalue weighted by molar-refractivity contribution is 0.491. The Morgan fingerprint density at radius 2 is 2.21 bits per heavy atom. The first-order valence-electron chi connectivity index (χ1n) is 5.45. The molecule has 1 saturated heterocycles. The Morgan fingerprint density at radius 3 is 3.07 bits per heavy atom. The van der Waals surface area contributed by atoms with Gasteiger partial charge < -0.3 is 10.6 Å². The Bertz CT molecular complexity index is 348. The number of nitrogens with zero attached hydrogens (tertiary/aromatic N) is 1. The van der Waals surface area contributed by atoms with Crippen molar-refractivity contribution in [2.75, 3.05) is 18.0 Å². The second-order valence-corrected chi connectivity index (χ2v) is 4.38. The summed E-state index contributed by atoms with van der Waals surface area (Å²) < 4.78 is 0. The van der Waals surface area contributed by atoms with Crippen LogP contribution in [0.4, 0.5) is 5.69 Å². The maximum absolute atomic E-state index is 5.80. The van der Waals surface area contributed by atoms with E-state index in [0.717, 1.165) is 6.54 Å². The molecule has 2 atom stereocenters. The lowest BCUT2D eigenvalue weighted by Gasteiger charge is -2.21. The van der Waals surface area contributed by atoms with Crippen LogP contribution in [0.1, 0.15) is 12.0 Å². The summed E-state index contributed by atoms with van der Waals surface area (Å²) in [6, 6.07) is 9.46. The van der Waals surface area contributed by atoms with E-state index in [9.17, 15) is 0 Å². The molecule has 2 N–H and O–H groups in total. The molecule has 3 rings (SSSR count). The van der Waals surface area contributed by atoms with Gasteiger partial charge in [-0.25, -0.2) is 0 Å². The normalized spacial score (nSPS) is 29.1. The Kier molecular flexibility index (Phi) is 1.77. The maximum atomic E-state index is 5.80. The number of hydrogen-bond acceptors (Lipinski definition) is 2. The fraction of sp³-hybridized carbons (Fsp3) is 0.500. The van der Waals surface area contributed by atoms with Crippen LogP contribution in [0.15, 0.2) is 24.3 Å². The van der Waals surface area contributed by atoms with Gasteiger partial charge in [0, 0.05) is 18.3 Å². The molecule has 1 fully saturated rings. The summed E-state index contributed by atoms with van der Waals surface area (Å²) in [5.41, 5.74) is 8.76. The highest BCUT2D eigenvalue weighted by Gasteiger charge is 2.38. The number of rotatable bonds is 1. The molecule has 0 saturated carbocycles. The predicted molar refractivity (Wildman–Crippen MR) is 58.4 cm³/mol. The minimum atomic E-state index is 0.692. The first-order valence-corrected chi connectivity index (χ1v) is 5.45. The van der Waals surface area contributed by atoms with Crippen molar-refractivity contribution in [3.8, 4) is 0 Å². The molecule has 0 spiro atoms. The standard InChI is InChI=1S/C12H16N2/c13-8-10-5-6-14-11-4-2-1-3-9(11)7-12(10)14/h1-4,10,12H,5-8,13H2. The monoisotopic (exact) mass is 188 g/mol. The van der Waals surface area contributed by atoms with Crippen molar-refractivity contribution < 1.29 is 0 Å². The Hall–Kier alpha value is -1.02. The molecule has 2 aliphatic heterocycles. The minimum absolute atomic E-state index is 0.692. The van der Waals surface area contributed by atoms with Gasteiger partial charge in [0.1, 0.15) is 0 Å². The van der Waals surface area contributed by atoms with E-state index in [4.69, 9.17) is 5.73 Å². The number of fused-ring (bicyclic) bond motifs is 3. The topological polar surface area (TPSA) is 29.3 Å². The van der Waals surface area contributed by atoms with Crippen molar-refractivity contribution in [3.05, 3.63) is 29.8 Å². The van der Waals surface area contributed by atoms with Crippen molar-refractivity contribution in [2.24, 2.45) is 11.7 Å². The number of para-hydroxylation sites is 1. The number of hydrogen-bond donors (Lipinski definition) is 1. The molecule has 1 aromatic carbocycles. The summed E-state index contributed by atoms with van der Waals surface area (Å²) in [6.45, 7) is 2.04. The fourth-order valence-electron chi connectivity index (χ4n) is 2.96. The van der Waals surface area contributed by atoms with Gasteiger partial charge >= 0.3 is 0 Å². The van der Waals surface area contributed by atoms with Gasteiger partial charge in [0.25, 0.3) is 0 Å². The van der Waals surface area contributed by atoms with E-state index in [-0.39, 0.29) is 0 Å². The van der Waals surface area contributed by atoms with Crippen molar-refractivity contribution in [1.82, 2.24) is 0 Å². The SMILES string of the molecule is NCC1CCN2c3ccccc3CC12. The van der Waals surface area contributed by atoms with E-state index in [1.54, 1.807) is 0 Å². The lowest BCUT2D eigenvalue weighted by atomic mass is 9.97. The van der Waals surface area contributed by atoms with Gasteiger partial charge in [-0.3, -0.25) is 0 Å². The van der Waals surface area contributed by atoms with Crippen LogP contribution in [0.25, 0.3) is 0 Å². The maximum Gasteiger partial charge on any atom is 0.0402 e. The Labute approximate surface area is 84.7 Å². The van der Waals surface area contributed by atoms with Crippen molar-refractivity contribution in [3.63, 3.8) is 0 Å². The average Bonchev–Trinajstić information content (AvgIpc) is 2.75. The van der Waals surface area contributed by atoms with E-state index < -0.39 is 0 Å². The number of nitrogens with two attached hydrogens (primary N) is 1. The molecule has 2 unspecified atom stereocenters. The molecular formula is C12H16N2. The van der Waals surface area contributed by atoms with Crippen LogP contribution in [0.5, 0.6) is 0 Å². The predicted octanol–water partition coefficient (Wildman–Crippen LogP) is 1.40. The molecule has 0 aliphatic carbocycles. The summed E-state index contributed by atoms with van der Waals surface area (Å²) >= 11 is 0. The highest BCUT2D eigenvalue weighted by atomic mass is 15.2. The molecule has 2 heteroatoms. The quantitative estimate of drug-likeness (QED) is 0.721. The summed E-state index contributed by atoms with van der Waals surface area (Å²) in [6.07, 6.45) is 2.48. The molecule has 1 aromatic rings. The van der Waals surface area contributed by atoms with Crippen LogP contribution in [-0.2, 0) is 6.42 Å². The average molecular weight is 188 g/mol. The van der Waals surface area contributed by atoms with Crippen LogP contribution >= 0.6 is 0 Å². The zero-order chi connectivity index (χ0) is 9.54. The van der Waals surface area contributed by atoms with Gasteiger partial charge in [0.15, 0.2) is 0 Å². The van der Waals surface area contributed by atoms with E-state index in [0.29, 0.717) is 12.0 Å². The highest BCUT2D eigenvalue weighted by Crippen LogP contribution is 2.39. The fourth-order valence-corrected chi connectivity index (χ4v) is 2.96. The molecule has 0 radical (unpaired) electrons. The van der Waals surface area contributed by atoms with Gasteiger partial charge in [-0.1, -0.05) is 18.2 Å². The molecule has 0 bridgehead atoms. The first kappa shape index (κ1) is 8.30. The molecule has 2 nitrogen and oxygen atoms in total. The zero-order valence-electron chi connectivity index (χ0n) is 8.32. The Morgan fingerprint density at radius 1 is 1.36 bits per heavy atom. The second-order valence-electron chi connectivity index (χ2n) is 4.38. The lowest BCUT2D eigenvalue weighted by Crippen LogP contribution is -2.32. The van der Waals surface area contributed by atoms with Crippen LogP contribution in [0.2, 0.25) is 0 Å². The molecule has 2 heterocycles. The van der Waals surface area contributed by atoms with Gasteiger partial charge in [0.2, 0.25) is 0 Å². The molecule has 0 amide bonds. The summed E-state index contributed by atoms with van der Waals surface area (Å²) in [4.78, 5) is 2.55. The molecule has 2 aliphatic rings. The third-order valence-corrected chi connectivity index (χ3v) is 3.72. The number of benzene rings is 1. The zero-order valence-corrected chi connectivity index (χ0v) is 8.32. The van der Waals surface area contributed by atoms with Crippen molar-refractivity contribution >= 4 is 5.69 Å². The third-order valence-electron chi connectivity index (χ3n) is 3.72. The van der Waals surface area contributed by atoms with Gasteiger partial charge in [-0.2, -0.15) is 0 Å². The minimum Gasteiger partial charge on any atom is -0.368 e. The van der Waals surface area contributed by atoms with Gasteiger partial charge in [-0.05, 0) is 36.9 Å². The second kappa shape index (κ2) is 2.99. The summed E-state index contributed by atoms with van der Waals surface area (Å²) in [5, 5.41) is 0. The summed E-state index contributed by atoms with van der Waals surface area (Å²) in [5.74, 6) is 0.711. The molecule has 14 heavy (non-hydrogen) atoms. The van der Waals surface area contributed by atoms with Gasteiger partial charge in [-0.15, -0.1) is 0 Å². The number of anilines is 1. The van der Waals surface area contributed by atoms with Crippen LogP contribution in [0, 0.1) is 5.92 Å². The molecular weight excluding hydrogens is 172 g/mol. The summed E-state index contributed by atoms with van der Waals surface area (Å²) in [7, 11) is 0. The highest BCUT2D eigenvalue weighted by molar-refractivity contribution is 5.60. The largest absolute Gasteiger partial charge is 0.368 e.